The van der Waals surface area contributed by atoms with Crippen molar-refractivity contribution in [2.75, 3.05) is 0 Å². The van der Waals surface area contributed by atoms with Crippen LogP contribution in [-0.4, -0.2) is 15.6 Å². The lowest BCUT2D eigenvalue weighted by atomic mass is 10.2. The Hall–Kier alpha value is -2.07. The van der Waals surface area contributed by atoms with Crippen LogP contribution in [0.3, 0.4) is 0 Å². The molecule has 0 saturated heterocycles. The second kappa shape index (κ2) is 4.66. The third-order valence-electron chi connectivity index (χ3n) is 2.59. The minimum Gasteiger partial charge on any atom is -0.477 e. The number of carboxylic acids is 1. The van der Waals surface area contributed by atoms with Crippen LogP contribution in [0.15, 0.2) is 41.3 Å². The Morgan fingerprint density at radius 2 is 2.00 bits per heavy atom. The summed E-state index contributed by atoms with van der Waals surface area (Å²) in [5.74, 6) is -1.25. The van der Waals surface area contributed by atoms with Crippen LogP contribution in [0.1, 0.15) is 16.1 Å². The summed E-state index contributed by atoms with van der Waals surface area (Å²) < 4.78 is 1.59. The Labute approximate surface area is 108 Å². The van der Waals surface area contributed by atoms with Gasteiger partial charge in [-0.05, 0) is 19.1 Å². The lowest BCUT2D eigenvalue weighted by molar-refractivity contribution is 0.0695. The SMILES string of the molecule is Cc1cc(=O)c(C(=O)O)cn1-c1ccccc1Cl. The molecule has 0 spiro atoms. The van der Waals surface area contributed by atoms with Crippen molar-refractivity contribution in [3.63, 3.8) is 0 Å². The van der Waals surface area contributed by atoms with Crippen LogP contribution in [0, 0.1) is 6.92 Å². The second-order valence-electron chi connectivity index (χ2n) is 3.82. The van der Waals surface area contributed by atoms with Gasteiger partial charge in [0.15, 0.2) is 5.43 Å². The number of pyridine rings is 1. The van der Waals surface area contributed by atoms with Gasteiger partial charge >= 0.3 is 5.97 Å². The molecule has 1 aromatic heterocycles. The molecule has 2 aromatic rings. The van der Waals surface area contributed by atoms with Crippen LogP contribution in [0.4, 0.5) is 0 Å². The highest BCUT2D eigenvalue weighted by atomic mass is 35.5. The fourth-order valence-electron chi connectivity index (χ4n) is 1.70. The zero-order valence-corrected chi connectivity index (χ0v) is 10.3. The second-order valence-corrected chi connectivity index (χ2v) is 4.23. The van der Waals surface area contributed by atoms with E-state index in [9.17, 15) is 9.59 Å². The number of aryl methyl sites for hydroxylation is 1. The van der Waals surface area contributed by atoms with E-state index < -0.39 is 11.4 Å². The van der Waals surface area contributed by atoms with E-state index >= 15 is 0 Å². The van der Waals surface area contributed by atoms with E-state index in [2.05, 4.69) is 0 Å². The third kappa shape index (κ3) is 2.15. The smallest absolute Gasteiger partial charge is 0.341 e. The number of aromatic carboxylic acids is 1. The molecule has 0 fully saturated rings. The molecule has 1 heterocycles. The summed E-state index contributed by atoms with van der Waals surface area (Å²) in [5, 5.41) is 9.44. The number of hydrogen-bond acceptors (Lipinski definition) is 2. The summed E-state index contributed by atoms with van der Waals surface area (Å²) in [5.41, 5.74) is 0.473. The summed E-state index contributed by atoms with van der Waals surface area (Å²) in [7, 11) is 0. The van der Waals surface area contributed by atoms with Crippen molar-refractivity contribution in [3.05, 3.63) is 63.0 Å². The van der Waals surface area contributed by atoms with Crippen LogP contribution in [0.25, 0.3) is 5.69 Å². The lowest BCUT2D eigenvalue weighted by Crippen LogP contribution is -2.18. The van der Waals surface area contributed by atoms with Gasteiger partial charge in [0, 0.05) is 18.0 Å². The quantitative estimate of drug-likeness (QED) is 0.906. The number of carbonyl (C=O) groups is 1. The van der Waals surface area contributed by atoms with Gasteiger partial charge in [-0.2, -0.15) is 0 Å². The van der Waals surface area contributed by atoms with Gasteiger partial charge in [0.2, 0.25) is 0 Å². The van der Waals surface area contributed by atoms with Gasteiger partial charge in [-0.3, -0.25) is 4.79 Å². The summed E-state index contributed by atoms with van der Waals surface area (Å²) in [6, 6.07) is 8.31. The fraction of sp³-hybridized carbons (Fsp3) is 0.0769. The van der Waals surface area contributed by atoms with Gasteiger partial charge < -0.3 is 9.67 Å². The van der Waals surface area contributed by atoms with Gasteiger partial charge in [0.05, 0.1) is 10.7 Å². The van der Waals surface area contributed by atoms with Crippen LogP contribution in [0.2, 0.25) is 5.02 Å². The number of carboxylic acid groups (broad SMARTS) is 1. The molecule has 1 aromatic carbocycles. The fourth-order valence-corrected chi connectivity index (χ4v) is 1.93. The highest BCUT2D eigenvalue weighted by Gasteiger charge is 2.12. The van der Waals surface area contributed by atoms with Crippen molar-refractivity contribution in [1.29, 1.82) is 0 Å². The molecule has 4 nitrogen and oxygen atoms in total. The molecule has 0 aliphatic rings. The third-order valence-corrected chi connectivity index (χ3v) is 2.91. The minimum absolute atomic E-state index is 0.277. The van der Waals surface area contributed by atoms with E-state index in [1.807, 2.05) is 0 Å². The van der Waals surface area contributed by atoms with Crippen LogP contribution < -0.4 is 5.43 Å². The predicted octanol–water partition coefficient (Wildman–Crippen LogP) is 2.50. The van der Waals surface area contributed by atoms with Crippen molar-refractivity contribution in [2.24, 2.45) is 0 Å². The first-order valence-corrected chi connectivity index (χ1v) is 5.60. The van der Waals surface area contributed by atoms with E-state index in [1.54, 1.807) is 35.8 Å². The maximum absolute atomic E-state index is 11.5. The van der Waals surface area contributed by atoms with E-state index in [1.165, 1.54) is 12.3 Å². The van der Waals surface area contributed by atoms with Crippen LogP contribution in [-0.2, 0) is 0 Å². The molecular formula is C13H10ClNO3. The number of benzene rings is 1. The van der Waals surface area contributed by atoms with E-state index in [4.69, 9.17) is 16.7 Å². The molecule has 0 amide bonds. The van der Waals surface area contributed by atoms with Crippen molar-refractivity contribution in [1.82, 2.24) is 4.57 Å². The average Bonchev–Trinajstić information content (AvgIpc) is 2.30. The molecule has 5 heteroatoms. The first kappa shape index (κ1) is 12.4. The summed E-state index contributed by atoms with van der Waals surface area (Å²) in [4.78, 5) is 22.5. The first-order chi connectivity index (χ1) is 8.50. The Morgan fingerprint density at radius 1 is 1.33 bits per heavy atom. The van der Waals surface area contributed by atoms with Crippen molar-refractivity contribution < 1.29 is 9.90 Å². The maximum atomic E-state index is 11.5. The molecule has 0 aliphatic carbocycles. The summed E-state index contributed by atoms with van der Waals surface area (Å²) in [6.07, 6.45) is 1.29. The van der Waals surface area contributed by atoms with Crippen LogP contribution >= 0.6 is 11.6 Å². The monoisotopic (exact) mass is 263 g/mol. The standard InChI is InChI=1S/C13H10ClNO3/c1-8-6-12(16)9(13(17)18)7-15(8)11-5-3-2-4-10(11)14/h2-7H,1H3,(H,17,18). The van der Waals surface area contributed by atoms with Crippen molar-refractivity contribution in [2.45, 2.75) is 6.92 Å². The Morgan fingerprint density at radius 3 is 2.61 bits per heavy atom. The first-order valence-electron chi connectivity index (χ1n) is 5.22. The molecule has 0 unspecified atom stereocenters. The zero-order chi connectivity index (χ0) is 13.3. The Balaban J connectivity index is 2.73. The highest BCUT2D eigenvalue weighted by molar-refractivity contribution is 6.32. The van der Waals surface area contributed by atoms with E-state index in [0.29, 0.717) is 16.4 Å². The Bertz CT molecular complexity index is 676. The van der Waals surface area contributed by atoms with Gasteiger partial charge in [0.25, 0.3) is 0 Å². The lowest BCUT2D eigenvalue weighted by Gasteiger charge is -2.12. The van der Waals surface area contributed by atoms with Gasteiger partial charge in [-0.1, -0.05) is 23.7 Å². The Kier molecular flexibility index (Phi) is 3.21. The molecule has 2 rings (SSSR count). The number of para-hydroxylation sites is 1. The van der Waals surface area contributed by atoms with Gasteiger partial charge in [-0.25, -0.2) is 4.79 Å². The molecular weight excluding hydrogens is 254 g/mol. The number of nitrogens with zero attached hydrogens (tertiary/aromatic N) is 1. The topological polar surface area (TPSA) is 59.3 Å². The summed E-state index contributed by atoms with van der Waals surface area (Å²) in [6.45, 7) is 1.72. The largest absolute Gasteiger partial charge is 0.477 e. The molecule has 18 heavy (non-hydrogen) atoms. The molecule has 0 saturated carbocycles. The number of halogens is 1. The molecule has 92 valence electrons. The van der Waals surface area contributed by atoms with Gasteiger partial charge in [0.1, 0.15) is 5.56 Å². The molecule has 0 atom stereocenters. The van der Waals surface area contributed by atoms with Gasteiger partial charge in [-0.15, -0.1) is 0 Å². The minimum atomic E-state index is -1.25. The number of aromatic nitrogens is 1. The average molecular weight is 264 g/mol. The summed E-state index contributed by atoms with van der Waals surface area (Å²) >= 11 is 6.06. The molecule has 0 aliphatic heterocycles. The van der Waals surface area contributed by atoms with E-state index in [-0.39, 0.29) is 5.56 Å². The van der Waals surface area contributed by atoms with Crippen LogP contribution in [0.5, 0.6) is 0 Å². The maximum Gasteiger partial charge on any atom is 0.341 e. The molecule has 1 N–H and O–H groups in total. The van der Waals surface area contributed by atoms with E-state index in [0.717, 1.165) is 0 Å². The van der Waals surface area contributed by atoms with Crippen molar-refractivity contribution in [3.8, 4) is 5.69 Å². The zero-order valence-electron chi connectivity index (χ0n) is 9.55. The molecule has 0 radical (unpaired) electrons. The predicted molar refractivity (Wildman–Crippen MR) is 68.7 cm³/mol. The normalized spacial score (nSPS) is 10.3. The highest BCUT2D eigenvalue weighted by Crippen LogP contribution is 2.20. The number of rotatable bonds is 2. The van der Waals surface area contributed by atoms with Crippen molar-refractivity contribution >= 4 is 17.6 Å². The number of hydrogen-bond donors (Lipinski definition) is 1. The molecule has 0 bridgehead atoms.